The van der Waals surface area contributed by atoms with Crippen molar-refractivity contribution in [3.05, 3.63) is 42.1 Å². The lowest BCUT2D eigenvalue weighted by atomic mass is 9.87. The van der Waals surface area contributed by atoms with Gasteiger partial charge in [-0.3, -0.25) is 9.59 Å². The maximum Gasteiger partial charge on any atom is 0.330 e. The zero-order valence-electron chi connectivity index (χ0n) is 19.8. The largest absolute Gasteiger partial charge is 0.481 e. The fourth-order valence-corrected chi connectivity index (χ4v) is 5.14. The van der Waals surface area contributed by atoms with Crippen LogP contribution >= 0.6 is 0 Å². The topological polar surface area (TPSA) is 97.8 Å². The fourth-order valence-electron chi connectivity index (χ4n) is 5.14. The monoisotopic (exact) mass is 483 g/mol. The maximum atomic E-state index is 16.4. The standard InChI is InChI=1S/C26H30FN3O5/c1-29-12-4-5-21(29)24-28-20-11-6-17(15-22(20)34-24)16-23(31)26(27,30-13-2-3-14-30)35-19-9-7-18(8-10-19)25(32)33/h4-6,11-12,15,18-19H,2-3,7-10,13-14,16H2,1H3,(H,32,33)/t18-,19-,26?. The molecule has 2 aromatic heterocycles. The number of rotatable bonds is 8. The van der Waals surface area contributed by atoms with Gasteiger partial charge in [0, 0.05) is 32.8 Å². The fraction of sp³-hybridized carbons (Fsp3) is 0.500. The van der Waals surface area contributed by atoms with Gasteiger partial charge in [0.15, 0.2) is 5.58 Å². The minimum atomic E-state index is -2.53. The number of likely N-dealkylation sites (tertiary alicyclic amines) is 1. The highest BCUT2D eigenvalue weighted by Crippen LogP contribution is 2.34. The van der Waals surface area contributed by atoms with E-state index in [1.54, 1.807) is 18.2 Å². The number of ketones is 1. The number of benzene rings is 1. The number of aliphatic carboxylic acids is 1. The van der Waals surface area contributed by atoms with E-state index in [1.165, 1.54) is 4.90 Å². The Bertz CT molecular complexity index is 1220. The summed E-state index contributed by atoms with van der Waals surface area (Å²) >= 11 is 0. The van der Waals surface area contributed by atoms with Gasteiger partial charge in [-0.05, 0) is 68.4 Å². The summed E-state index contributed by atoms with van der Waals surface area (Å²) in [4.78, 5) is 30.6. The van der Waals surface area contributed by atoms with E-state index in [1.807, 2.05) is 29.9 Å². The Labute approximate surface area is 202 Å². The Balaban J connectivity index is 1.34. The van der Waals surface area contributed by atoms with Gasteiger partial charge in [0.05, 0.1) is 12.0 Å². The van der Waals surface area contributed by atoms with Crippen molar-refractivity contribution < 1.29 is 28.2 Å². The molecule has 5 rings (SSSR count). The molecule has 1 saturated carbocycles. The van der Waals surface area contributed by atoms with Gasteiger partial charge in [-0.1, -0.05) is 6.07 Å². The van der Waals surface area contributed by atoms with E-state index in [4.69, 9.17) is 9.15 Å². The van der Waals surface area contributed by atoms with Crippen LogP contribution in [0.25, 0.3) is 22.7 Å². The molecule has 0 spiro atoms. The molecule has 2 aliphatic rings. The molecule has 9 heteroatoms. The normalized spacial score (nSPS) is 22.9. The summed E-state index contributed by atoms with van der Waals surface area (Å²) in [5, 5.41) is 9.24. The van der Waals surface area contributed by atoms with E-state index in [0.717, 1.165) is 18.5 Å². The van der Waals surface area contributed by atoms with Crippen molar-refractivity contribution in [1.29, 1.82) is 0 Å². The molecule has 1 aliphatic heterocycles. The number of Topliss-reactive ketones (excluding diaryl/α,β-unsaturated/α-hetero) is 1. The zero-order chi connectivity index (χ0) is 24.6. The molecule has 1 aromatic carbocycles. The van der Waals surface area contributed by atoms with Crippen molar-refractivity contribution in [2.24, 2.45) is 13.0 Å². The number of halogens is 1. The van der Waals surface area contributed by atoms with Crippen molar-refractivity contribution in [2.45, 2.75) is 57.0 Å². The minimum Gasteiger partial charge on any atom is -0.481 e. The number of aromatic nitrogens is 2. The molecule has 0 amide bonds. The van der Waals surface area contributed by atoms with Crippen LogP contribution in [0.4, 0.5) is 4.39 Å². The van der Waals surface area contributed by atoms with Crippen molar-refractivity contribution in [1.82, 2.24) is 14.5 Å². The van der Waals surface area contributed by atoms with E-state index in [-0.39, 0.29) is 6.42 Å². The highest BCUT2D eigenvalue weighted by Gasteiger charge is 2.48. The van der Waals surface area contributed by atoms with Gasteiger partial charge < -0.3 is 18.8 Å². The number of oxazole rings is 1. The number of carbonyl (C=O) groups is 2. The van der Waals surface area contributed by atoms with Crippen molar-refractivity contribution in [3.63, 3.8) is 0 Å². The highest BCUT2D eigenvalue weighted by atomic mass is 19.2. The quantitative estimate of drug-likeness (QED) is 0.477. The van der Waals surface area contributed by atoms with Crippen LogP contribution < -0.4 is 0 Å². The number of nitrogens with zero attached hydrogens (tertiary/aromatic N) is 3. The Morgan fingerprint density at radius 1 is 1.20 bits per heavy atom. The average Bonchev–Trinajstić information content (AvgIpc) is 3.60. The maximum absolute atomic E-state index is 16.4. The Hall–Kier alpha value is -3.04. The van der Waals surface area contributed by atoms with Crippen molar-refractivity contribution in [2.75, 3.05) is 13.1 Å². The molecular weight excluding hydrogens is 453 g/mol. The van der Waals surface area contributed by atoms with Crippen molar-refractivity contribution >= 4 is 22.9 Å². The van der Waals surface area contributed by atoms with Gasteiger partial charge in [0.25, 0.3) is 0 Å². The van der Waals surface area contributed by atoms with E-state index in [0.29, 0.717) is 61.3 Å². The first-order valence-corrected chi connectivity index (χ1v) is 12.2. The van der Waals surface area contributed by atoms with Crippen LogP contribution in [0, 0.1) is 5.92 Å². The summed E-state index contributed by atoms with van der Waals surface area (Å²) in [6, 6.07) is 9.08. The Kier molecular flexibility index (Phi) is 6.46. The summed E-state index contributed by atoms with van der Waals surface area (Å²) < 4.78 is 30.1. The Morgan fingerprint density at radius 3 is 2.60 bits per heavy atom. The first-order valence-electron chi connectivity index (χ1n) is 12.2. The second-order valence-electron chi connectivity index (χ2n) is 9.61. The third-order valence-electron chi connectivity index (χ3n) is 7.18. The summed E-state index contributed by atoms with van der Waals surface area (Å²) in [6.07, 6.45) is 4.59. The van der Waals surface area contributed by atoms with Crippen LogP contribution in [0.5, 0.6) is 0 Å². The zero-order valence-corrected chi connectivity index (χ0v) is 19.8. The number of ether oxygens (including phenoxy) is 1. The summed E-state index contributed by atoms with van der Waals surface area (Å²) in [5.74, 6) is -3.96. The van der Waals surface area contributed by atoms with Gasteiger partial charge >= 0.3 is 11.9 Å². The molecule has 186 valence electrons. The third-order valence-corrected chi connectivity index (χ3v) is 7.18. The molecule has 0 bridgehead atoms. The lowest BCUT2D eigenvalue weighted by molar-refractivity contribution is -0.252. The molecule has 1 aliphatic carbocycles. The number of hydrogen-bond acceptors (Lipinski definition) is 6. The SMILES string of the molecule is Cn1cccc1-c1nc2ccc(CC(=O)C(F)(O[C@H]3CC[C@H](C(=O)O)CC3)N3CCCC3)cc2o1. The number of hydrogen-bond donors (Lipinski definition) is 1. The average molecular weight is 484 g/mol. The summed E-state index contributed by atoms with van der Waals surface area (Å²) in [7, 11) is 1.90. The molecule has 1 N–H and O–H groups in total. The van der Waals surface area contributed by atoms with Crippen molar-refractivity contribution in [3.8, 4) is 11.6 Å². The predicted molar refractivity (Wildman–Crippen MR) is 126 cm³/mol. The summed E-state index contributed by atoms with van der Waals surface area (Å²) in [6.45, 7) is 0.905. The number of alkyl halides is 1. The second kappa shape index (κ2) is 9.54. The van der Waals surface area contributed by atoms with Crippen LogP contribution in [-0.4, -0.2) is 56.5 Å². The number of aryl methyl sites for hydroxylation is 1. The smallest absolute Gasteiger partial charge is 0.330 e. The van der Waals surface area contributed by atoms with Gasteiger partial charge in [-0.2, -0.15) is 4.39 Å². The lowest BCUT2D eigenvalue weighted by Gasteiger charge is -2.37. The number of carboxylic acid groups (broad SMARTS) is 1. The molecule has 1 unspecified atom stereocenters. The van der Waals surface area contributed by atoms with Crippen LogP contribution in [0.1, 0.15) is 44.1 Å². The molecule has 3 heterocycles. The number of carboxylic acids is 1. The number of fused-ring (bicyclic) bond motifs is 1. The van der Waals surface area contributed by atoms with Gasteiger partial charge in [0.1, 0.15) is 11.2 Å². The molecule has 8 nitrogen and oxygen atoms in total. The molecule has 1 saturated heterocycles. The van der Waals surface area contributed by atoms with Gasteiger partial charge in [0.2, 0.25) is 11.7 Å². The van der Waals surface area contributed by atoms with Crippen LogP contribution in [-0.2, 0) is 27.8 Å². The van der Waals surface area contributed by atoms with E-state index in [9.17, 15) is 14.7 Å². The first kappa shape index (κ1) is 23.7. The van der Waals surface area contributed by atoms with Crippen LogP contribution in [0.3, 0.4) is 0 Å². The lowest BCUT2D eigenvalue weighted by Crippen LogP contribution is -2.54. The van der Waals surface area contributed by atoms with E-state index >= 15 is 4.39 Å². The Morgan fingerprint density at radius 2 is 1.94 bits per heavy atom. The van der Waals surface area contributed by atoms with Crippen LogP contribution in [0.15, 0.2) is 40.9 Å². The number of carbonyl (C=O) groups excluding carboxylic acids is 1. The third kappa shape index (κ3) is 4.75. The molecular formula is C26H30FN3O5. The molecule has 1 atom stereocenters. The van der Waals surface area contributed by atoms with E-state index < -0.39 is 29.8 Å². The second-order valence-corrected chi connectivity index (χ2v) is 9.61. The molecule has 3 aromatic rings. The highest BCUT2D eigenvalue weighted by molar-refractivity contribution is 5.88. The summed E-state index contributed by atoms with van der Waals surface area (Å²) in [5.41, 5.74) is 2.65. The van der Waals surface area contributed by atoms with E-state index in [2.05, 4.69) is 4.98 Å². The predicted octanol–water partition coefficient (Wildman–Crippen LogP) is 4.32. The molecule has 35 heavy (non-hydrogen) atoms. The van der Waals surface area contributed by atoms with Gasteiger partial charge in [-0.25, -0.2) is 9.88 Å². The minimum absolute atomic E-state index is 0.145. The first-order chi connectivity index (χ1) is 16.8. The molecule has 0 radical (unpaired) electrons. The molecule has 2 fully saturated rings. The van der Waals surface area contributed by atoms with Gasteiger partial charge in [-0.15, -0.1) is 0 Å². The van der Waals surface area contributed by atoms with Crippen LogP contribution in [0.2, 0.25) is 0 Å².